The average Bonchev–Trinajstić information content (AvgIpc) is 2.98. The van der Waals surface area contributed by atoms with Crippen LogP contribution in [-0.2, 0) is 6.18 Å². The van der Waals surface area contributed by atoms with Crippen LogP contribution in [0.25, 0.3) is 0 Å². The molecule has 0 saturated heterocycles. The Hall–Kier alpha value is -1.96. The monoisotopic (exact) mass is 357 g/mol. The van der Waals surface area contributed by atoms with Crippen molar-refractivity contribution in [1.82, 2.24) is 15.1 Å². The summed E-state index contributed by atoms with van der Waals surface area (Å²) >= 11 is 1.52. The van der Waals surface area contributed by atoms with E-state index in [4.69, 9.17) is 0 Å². The number of halogens is 3. The standard InChI is InChI=1S/C16H18F3N3OS/c1-11(2)22-14(16(17,18)19)13(10-21-22)15(23)20-8-9-24-12-6-4-3-5-7-12/h3-7,10-11H,8-9H2,1-2H3,(H,20,23). The van der Waals surface area contributed by atoms with E-state index < -0.39 is 29.4 Å². The van der Waals surface area contributed by atoms with Gasteiger partial charge >= 0.3 is 6.18 Å². The van der Waals surface area contributed by atoms with Gasteiger partial charge in [0.1, 0.15) is 0 Å². The summed E-state index contributed by atoms with van der Waals surface area (Å²) in [5.74, 6) is -0.196. The van der Waals surface area contributed by atoms with Gasteiger partial charge in [0.25, 0.3) is 5.91 Å². The van der Waals surface area contributed by atoms with Crippen LogP contribution in [0.1, 0.15) is 35.9 Å². The Morgan fingerprint density at radius 3 is 2.54 bits per heavy atom. The first kappa shape index (κ1) is 18.4. The first-order chi connectivity index (χ1) is 11.3. The fourth-order valence-electron chi connectivity index (χ4n) is 2.15. The molecule has 2 rings (SSSR count). The molecule has 0 fully saturated rings. The molecule has 0 aliphatic heterocycles. The summed E-state index contributed by atoms with van der Waals surface area (Å²) in [5, 5.41) is 6.23. The van der Waals surface area contributed by atoms with E-state index in [9.17, 15) is 18.0 Å². The van der Waals surface area contributed by atoms with Gasteiger partial charge in [0.05, 0.1) is 11.8 Å². The number of carbonyl (C=O) groups is 1. The largest absolute Gasteiger partial charge is 0.433 e. The van der Waals surface area contributed by atoms with Crippen LogP contribution in [0.4, 0.5) is 13.2 Å². The van der Waals surface area contributed by atoms with Gasteiger partial charge in [0.15, 0.2) is 5.69 Å². The first-order valence-electron chi connectivity index (χ1n) is 7.41. The highest BCUT2D eigenvalue weighted by molar-refractivity contribution is 7.99. The third-order valence-corrected chi connectivity index (χ3v) is 4.21. The lowest BCUT2D eigenvalue weighted by molar-refractivity contribution is -0.145. The molecule has 1 heterocycles. The maximum absolute atomic E-state index is 13.2. The Bertz CT molecular complexity index is 684. The predicted octanol–water partition coefficient (Wildman–Crippen LogP) is 4.00. The van der Waals surface area contributed by atoms with E-state index in [2.05, 4.69) is 10.4 Å². The number of hydrogen-bond acceptors (Lipinski definition) is 3. The van der Waals surface area contributed by atoms with Gasteiger partial charge in [0, 0.05) is 23.2 Å². The third kappa shape index (κ3) is 4.53. The summed E-state index contributed by atoms with van der Waals surface area (Å²) in [6.45, 7) is 3.43. The van der Waals surface area contributed by atoms with Crippen molar-refractivity contribution >= 4 is 17.7 Å². The van der Waals surface area contributed by atoms with Crippen molar-refractivity contribution in [2.45, 2.75) is 31.0 Å². The molecule has 0 aliphatic rings. The molecule has 4 nitrogen and oxygen atoms in total. The molecule has 24 heavy (non-hydrogen) atoms. The van der Waals surface area contributed by atoms with Gasteiger partial charge in [-0.15, -0.1) is 11.8 Å². The van der Waals surface area contributed by atoms with Crippen LogP contribution >= 0.6 is 11.8 Å². The quantitative estimate of drug-likeness (QED) is 0.628. The molecule has 0 spiro atoms. The predicted molar refractivity (Wildman–Crippen MR) is 87.1 cm³/mol. The molecule has 0 unspecified atom stereocenters. The Morgan fingerprint density at radius 1 is 1.29 bits per heavy atom. The molecule has 1 aromatic carbocycles. The van der Waals surface area contributed by atoms with Crippen molar-refractivity contribution < 1.29 is 18.0 Å². The molecule has 0 saturated carbocycles. The SMILES string of the molecule is CC(C)n1ncc(C(=O)NCCSc2ccccc2)c1C(F)(F)F. The van der Waals surface area contributed by atoms with Crippen molar-refractivity contribution in [3.63, 3.8) is 0 Å². The van der Waals surface area contributed by atoms with Crippen molar-refractivity contribution in [3.8, 4) is 0 Å². The van der Waals surface area contributed by atoms with Gasteiger partial charge in [-0.3, -0.25) is 9.48 Å². The number of thioether (sulfide) groups is 1. The van der Waals surface area contributed by atoms with E-state index in [0.717, 1.165) is 15.8 Å². The van der Waals surface area contributed by atoms with Crippen molar-refractivity contribution in [3.05, 3.63) is 47.8 Å². The van der Waals surface area contributed by atoms with Gasteiger partial charge in [0.2, 0.25) is 0 Å². The number of aromatic nitrogens is 2. The summed E-state index contributed by atoms with van der Waals surface area (Å²) in [6.07, 6.45) is -3.66. The number of hydrogen-bond donors (Lipinski definition) is 1. The second-order valence-electron chi connectivity index (χ2n) is 5.36. The molecule has 0 radical (unpaired) electrons. The summed E-state index contributed by atoms with van der Waals surface area (Å²) in [4.78, 5) is 13.1. The maximum Gasteiger partial charge on any atom is 0.433 e. The number of benzene rings is 1. The van der Waals surface area contributed by atoms with Crippen LogP contribution in [0, 0.1) is 0 Å². The highest BCUT2D eigenvalue weighted by Gasteiger charge is 2.40. The number of nitrogens with one attached hydrogen (secondary N) is 1. The lowest BCUT2D eigenvalue weighted by atomic mass is 10.2. The smallest absolute Gasteiger partial charge is 0.351 e. The normalized spacial score (nSPS) is 11.8. The molecule has 1 aromatic heterocycles. The van der Waals surface area contributed by atoms with Gasteiger partial charge < -0.3 is 5.32 Å². The van der Waals surface area contributed by atoms with E-state index >= 15 is 0 Å². The van der Waals surface area contributed by atoms with Crippen LogP contribution in [0.5, 0.6) is 0 Å². The lowest BCUT2D eigenvalue weighted by Gasteiger charge is -2.15. The highest BCUT2D eigenvalue weighted by Crippen LogP contribution is 2.33. The fourth-order valence-corrected chi connectivity index (χ4v) is 2.94. The maximum atomic E-state index is 13.2. The minimum atomic E-state index is -4.63. The number of nitrogens with zero attached hydrogens (tertiary/aromatic N) is 2. The van der Waals surface area contributed by atoms with E-state index in [-0.39, 0.29) is 6.54 Å². The summed E-state index contributed by atoms with van der Waals surface area (Å²) in [7, 11) is 0. The van der Waals surface area contributed by atoms with E-state index in [0.29, 0.717) is 5.75 Å². The van der Waals surface area contributed by atoms with Crippen molar-refractivity contribution in [2.75, 3.05) is 12.3 Å². The van der Waals surface area contributed by atoms with Crippen LogP contribution < -0.4 is 5.32 Å². The molecule has 0 atom stereocenters. The second kappa shape index (κ2) is 7.74. The molecular formula is C16H18F3N3OS. The molecule has 0 aliphatic carbocycles. The number of rotatable bonds is 6. The minimum Gasteiger partial charge on any atom is -0.351 e. The van der Waals surface area contributed by atoms with Crippen LogP contribution in [0.15, 0.2) is 41.4 Å². The molecule has 1 amide bonds. The van der Waals surface area contributed by atoms with Crippen LogP contribution in [0.3, 0.4) is 0 Å². The second-order valence-corrected chi connectivity index (χ2v) is 6.53. The number of amides is 1. The zero-order valence-electron chi connectivity index (χ0n) is 13.3. The molecule has 1 N–H and O–H groups in total. The first-order valence-corrected chi connectivity index (χ1v) is 8.40. The lowest BCUT2D eigenvalue weighted by Crippen LogP contribution is -2.28. The van der Waals surface area contributed by atoms with Gasteiger partial charge in [-0.05, 0) is 26.0 Å². The highest BCUT2D eigenvalue weighted by atomic mass is 32.2. The van der Waals surface area contributed by atoms with Crippen LogP contribution in [0.2, 0.25) is 0 Å². The minimum absolute atomic E-state index is 0.266. The summed E-state index contributed by atoms with van der Waals surface area (Å²) < 4.78 is 40.5. The zero-order valence-corrected chi connectivity index (χ0v) is 14.1. The Kier molecular flexibility index (Phi) is 5.93. The Morgan fingerprint density at radius 2 is 1.96 bits per heavy atom. The van der Waals surface area contributed by atoms with E-state index in [1.54, 1.807) is 13.8 Å². The number of alkyl halides is 3. The van der Waals surface area contributed by atoms with E-state index in [1.807, 2.05) is 30.3 Å². The van der Waals surface area contributed by atoms with Gasteiger partial charge in [-0.2, -0.15) is 18.3 Å². The van der Waals surface area contributed by atoms with E-state index in [1.165, 1.54) is 11.8 Å². The molecule has 2 aromatic rings. The molecular weight excluding hydrogens is 339 g/mol. The summed E-state index contributed by atoms with van der Waals surface area (Å²) in [6, 6.07) is 9.07. The van der Waals surface area contributed by atoms with Crippen LogP contribution in [-0.4, -0.2) is 28.0 Å². The summed E-state index contributed by atoms with van der Waals surface area (Å²) in [5.41, 5.74) is -1.45. The fraction of sp³-hybridized carbons (Fsp3) is 0.375. The number of carbonyl (C=O) groups excluding carboxylic acids is 1. The Labute approximate surface area is 142 Å². The van der Waals surface area contributed by atoms with Gasteiger partial charge in [-0.25, -0.2) is 0 Å². The van der Waals surface area contributed by atoms with Gasteiger partial charge in [-0.1, -0.05) is 18.2 Å². The Balaban J connectivity index is 2.00. The average molecular weight is 357 g/mol. The van der Waals surface area contributed by atoms with Crippen molar-refractivity contribution in [1.29, 1.82) is 0 Å². The topological polar surface area (TPSA) is 46.9 Å². The molecule has 0 bridgehead atoms. The molecule has 8 heteroatoms. The zero-order chi connectivity index (χ0) is 17.7. The molecule has 130 valence electrons. The third-order valence-electron chi connectivity index (χ3n) is 3.20. The van der Waals surface area contributed by atoms with Crippen molar-refractivity contribution in [2.24, 2.45) is 0 Å².